The van der Waals surface area contributed by atoms with E-state index >= 15 is 0 Å². The Morgan fingerprint density at radius 3 is 2.43 bits per heavy atom. The summed E-state index contributed by atoms with van der Waals surface area (Å²) in [5.74, 6) is 0.643. The lowest BCUT2D eigenvalue weighted by Crippen LogP contribution is -2.61. The maximum atomic E-state index is 12.4. The Bertz CT molecular complexity index is 566. The first-order valence-electron chi connectivity index (χ1n) is 8.11. The minimum absolute atomic E-state index is 0.0495. The van der Waals surface area contributed by atoms with Crippen LogP contribution in [0.4, 0.5) is 5.69 Å². The molecular formula is C18H29N3O2. The first-order valence-corrected chi connectivity index (χ1v) is 8.11. The van der Waals surface area contributed by atoms with Gasteiger partial charge in [-0.25, -0.2) is 0 Å². The molecule has 1 aliphatic heterocycles. The summed E-state index contributed by atoms with van der Waals surface area (Å²) in [5.41, 5.74) is 7.10. The lowest BCUT2D eigenvalue weighted by Gasteiger charge is -2.46. The molecule has 0 aromatic heterocycles. The molecular weight excluding hydrogens is 290 g/mol. The first kappa shape index (κ1) is 17.8. The van der Waals surface area contributed by atoms with Gasteiger partial charge in [0.05, 0.1) is 19.3 Å². The van der Waals surface area contributed by atoms with Crippen molar-refractivity contribution in [2.75, 3.05) is 19.4 Å². The van der Waals surface area contributed by atoms with Crippen LogP contribution in [-0.2, 0) is 0 Å². The highest BCUT2D eigenvalue weighted by atomic mass is 16.5. The summed E-state index contributed by atoms with van der Waals surface area (Å²) in [6.07, 6.45) is 1.99. The van der Waals surface area contributed by atoms with Gasteiger partial charge in [0.15, 0.2) is 5.78 Å². The fraction of sp³-hybridized carbons (Fsp3) is 0.611. The third-order valence-corrected chi connectivity index (χ3v) is 4.29. The third-order valence-electron chi connectivity index (χ3n) is 4.29. The molecule has 1 saturated heterocycles. The smallest absolute Gasteiger partial charge is 0.176 e. The predicted molar refractivity (Wildman–Crippen MR) is 94.1 cm³/mol. The fourth-order valence-electron chi connectivity index (χ4n) is 3.71. The number of nitrogens with one attached hydrogen (secondary N) is 2. The maximum Gasteiger partial charge on any atom is 0.176 e. The van der Waals surface area contributed by atoms with Gasteiger partial charge in [0, 0.05) is 22.7 Å². The number of ketones is 1. The molecule has 0 saturated carbocycles. The van der Waals surface area contributed by atoms with Crippen molar-refractivity contribution in [3.05, 3.63) is 23.8 Å². The number of benzene rings is 1. The van der Waals surface area contributed by atoms with Gasteiger partial charge >= 0.3 is 0 Å². The molecule has 0 unspecified atom stereocenters. The number of carbonyl (C=O) groups is 1. The lowest BCUT2D eigenvalue weighted by molar-refractivity contribution is 0.0963. The van der Waals surface area contributed by atoms with Crippen LogP contribution in [0.5, 0.6) is 5.75 Å². The average Bonchev–Trinajstić information content (AvgIpc) is 2.41. The number of methoxy groups -OCH3 is 1. The molecule has 0 bridgehead atoms. The molecule has 4 N–H and O–H groups in total. The van der Waals surface area contributed by atoms with E-state index in [1.165, 1.54) is 0 Å². The van der Waals surface area contributed by atoms with Crippen molar-refractivity contribution in [3.8, 4) is 5.75 Å². The zero-order valence-corrected chi connectivity index (χ0v) is 14.8. The Labute approximate surface area is 139 Å². The third kappa shape index (κ3) is 4.69. The van der Waals surface area contributed by atoms with Crippen molar-refractivity contribution in [1.82, 2.24) is 10.6 Å². The van der Waals surface area contributed by atoms with Crippen LogP contribution in [0.2, 0.25) is 0 Å². The standard InChI is InChI=1S/C18H29N3O2/c1-17(2)9-13(10-18(3,4)21-17)20-11-15(22)12-6-7-16(23-5)14(19)8-12/h6-8,13,20-21H,9-11,19H2,1-5H3. The molecule has 5 nitrogen and oxygen atoms in total. The molecule has 0 spiro atoms. The zero-order chi connectivity index (χ0) is 17.3. The Morgan fingerprint density at radius 2 is 1.91 bits per heavy atom. The highest BCUT2D eigenvalue weighted by molar-refractivity contribution is 5.98. The van der Waals surface area contributed by atoms with Crippen molar-refractivity contribution in [2.45, 2.75) is 57.7 Å². The zero-order valence-electron chi connectivity index (χ0n) is 14.8. The number of hydrogen-bond acceptors (Lipinski definition) is 5. The van der Waals surface area contributed by atoms with E-state index in [1.54, 1.807) is 25.3 Å². The highest BCUT2D eigenvalue weighted by Crippen LogP contribution is 2.28. The van der Waals surface area contributed by atoms with Gasteiger partial charge in [-0.15, -0.1) is 0 Å². The summed E-state index contributed by atoms with van der Waals surface area (Å²) < 4.78 is 5.12. The second-order valence-electron chi connectivity index (χ2n) is 7.76. The van der Waals surface area contributed by atoms with Gasteiger partial charge in [-0.1, -0.05) is 0 Å². The monoisotopic (exact) mass is 319 g/mol. The number of nitrogen functional groups attached to an aromatic ring is 1. The normalized spacial score (nSPS) is 20.2. The van der Waals surface area contributed by atoms with E-state index in [1.807, 2.05) is 0 Å². The average molecular weight is 319 g/mol. The number of carbonyl (C=O) groups excluding carboxylic acids is 1. The van der Waals surface area contributed by atoms with Crippen LogP contribution >= 0.6 is 0 Å². The molecule has 0 amide bonds. The Morgan fingerprint density at radius 1 is 1.30 bits per heavy atom. The number of hydrogen-bond donors (Lipinski definition) is 3. The highest BCUT2D eigenvalue weighted by Gasteiger charge is 2.37. The van der Waals surface area contributed by atoms with Gasteiger partial charge in [-0.2, -0.15) is 0 Å². The van der Waals surface area contributed by atoms with E-state index in [-0.39, 0.29) is 16.9 Å². The van der Waals surface area contributed by atoms with Crippen molar-refractivity contribution in [2.24, 2.45) is 0 Å². The second-order valence-corrected chi connectivity index (χ2v) is 7.76. The molecule has 1 aliphatic rings. The molecule has 2 rings (SSSR count). The van der Waals surface area contributed by atoms with Gasteiger partial charge in [0.2, 0.25) is 0 Å². The predicted octanol–water partition coefficient (Wildman–Crippen LogP) is 2.36. The topological polar surface area (TPSA) is 76.4 Å². The van der Waals surface area contributed by atoms with Gasteiger partial charge in [-0.05, 0) is 58.7 Å². The molecule has 0 aliphatic carbocycles. The van der Waals surface area contributed by atoms with Crippen LogP contribution in [0.3, 0.4) is 0 Å². The fourth-order valence-corrected chi connectivity index (χ4v) is 3.71. The van der Waals surface area contributed by atoms with Gasteiger partial charge in [-0.3, -0.25) is 4.79 Å². The summed E-state index contributed by atoms with van der Waals surface area (Å²) in [6.45, 7) is 9.13. The number of anilines is 1. The van der Waals surface area contributed by atoms with Gasteiger partial charge < -0.3 is 21.1 Å². The van der Waals surface area contributed by atoms with Gasteiger partial charge in [0.1, 0.15) is 5.75 Å². The maximum absolute atomic E-state index is 12.4. The number of nitrogens with two attached hydrogens (primary N) is 1. The molecule has 1 aromatic rings. The molecule has 0 atom stereocenters. The van der Waals surface area contributed by atoms with Crippen LogP contribution in [0.25, 0.3) is 0 Å². The summed E-state index contributed by atoms with van der Waals surface area (Å²) in [7, 11) is 1.56. The van der Waals surface area contributed by atoms with Crippen molar-refractivity contribution in [1.29, 1.82) is 0 Å². The number of Topliss-reactive ketones (excluding diaryl/α,β-unsaturated/α-hetero) is 1. The molecule has 0 radical (unpaired) electrons. The van der Waals surface area contributed by atoms with Crippen LogP contribution in [0.15, 0.2) is 18.2 Å². The molecule has 23 heavy (non-hydrogen) atoms. The molecule has 1 fully saturated rings. The molecule has 1 aromatic carbocycles. The van der Waals surface area contributed by atoms with Crippen LogP contribution < -0.4 is 21.1 Å². The Balaban J connectivity index is 1.97. The van der Waals surface area contributed by atoms with E-state index in [0.717, 1.165) is 12.8 Å². The first-order chi connectivity index (χ1) is 10.6. The van der Waals surface area contributed by atoms with E-state index in [2.05, 4.69) is 38.3 Å². The van der Waals surface area contributed by atoms with E-state index < -0.39 is 0 Å². The Kier molecular flexibility index (Phi) is 5.01. The van der Waals surface area contributed by atoms with E-state index in [9.17, 15) is 4.79 Å². The van der Waals surface area contributed by atoms with Crippen LogP contribution in [0, 0.1) is 0 Å². The number of ether oxygens (including phenoxy) is 1. The van der Waals surface area contributed by atoms with Crippen LogP contribution in [0.1, 0.15) is 50.9 Å². The minimum atomic E-state index is 0.0495. The van der Waals surface area contributed by atoms with Gasteiger partial charge in [0.25, 0.3) is 0 Å². The number of piperidine rings is 1. The van der Waals surface area contributed by atoms with E-state index in [0.29, 0.717) is 29.6 Å². The SMILES string of the molecule is COc1ccc(C(=O)CNC2CC(C)(C)NC(C)(C)C2)cc1N. The van der Waals surface area contributed by atoms with Crippen molar-refractivity contribution in [3.63, 3.8) is 0 Å². The van der Waals surface area contributed by atoms with Crippen molar-refractivity contribution < 1.29 is 9.53 Å². The molecule has 5 heteroatoms. The second kappa shape index (κ2) is 6.49. The summed E-state index contributed by atoms with van der Waals surface area (Å²) in [5, 5.41) is 7.06. The summed E-state index contributed by atoms with van der Waals surface area (Å²) >= 11 is 0. The summed E-state index contributed by atoms with van der Waals surface area (Å²) in [4.78, 5) is 12.4. The Hall–Kier alpha value is -1.59. The number of rotatable bonds is 5. The molecule has 1 heterocycles. The summed E-state index contributed by atoms with van der Waals surface area (Å²) in [6, 6.07) is 5.49. The van der Waals surface area contributed by atoms with E-state index in [4.69, 9.17) is 10.5 Å². The quantitative estimate of drug-likeness (QED) is 0.574. The minimum Gasteiger partial charge on any atom is -0.495 e. The largest absolute Gasteiger partial charge is 0.495 e. The molecule has 128 valence electrons. The van der Waals surface area contributed by atoms with Crippen LogP contribution in [-0.4, -0.2) is 36.6 Å². The van der Waals surface area contributed by atoms with Crippen molar-refractivity contribution >= 4 is 11.5 Å². The lowest BCUT2D eigenvalue weighted by atomic mass is 9.79.